The molecule has 1 amide bonds. The molecule has 5 nitrogen and oxygen atoms in total. The average molecular weight is 439 g/mol. The number of hydrogen-bond acceptors (Lipinski definition) is 5. The van der Waals surface area contributed by atoms with Gasteiger partial charge in [0.25, 0.3) is 5.91 Å². The molecule has 0 radical (unpaired) electrons. The summed E-state index contributed by atoms with van der Waals surface area (Å²) in [6.07, 6.45) is 10.5. The van der Waals surface area contributed by atoms with Crippen LogP contribution in [0.25, 0.3) is 0 Å². The van der Waals surface area contributed by atoms with Crippen molar-refractivity contribution in [3.8, 4) is 0 Å². The molecule has 1 aliphatic heterocycles. The maximum absolute atomic E-state index is 13.2. The molecule has 2 heterocycles. The molecular formula is C25H30N2O3S. The van der Waals surface area contributed by atoms with E-state index in [1.807, 2.05) is 6.92 Å². The lowest BCUT2D eigenvalue weighted by Crippen LogP contribution is -2.28. The van der Waals surface area contributed by atoms with E-state index in [9.17, 15) is 14.4 Å². The van der Waals surface area contributed by atoms with Crippen molar-refractivity contribution in [2.45, 2.75) is 71.1 Å². The molecule has 164 valence electrons. The number of rotatable bonds is 8. The molecule has 5 rings (SSSR count). The molecule has 1 atom stereocenters. The van der Waals surface area contributed by atoms with E-state index >= 15 is 0 Å². The van der Waals surface area contributed by atoms with E-state index in [0.29, 0.717) is 30.5 Å². The van der Waals surface area contributed by atoms with Gasteiger partial charge in [0.1, 0.15) is 5.78 Å². The van der Waals surface area contributed by atoms with E-state index in [1.54, 1.807) is 17.4 Å². The monoisotopic (exact) mass is 438 g/mol. The van der Waals surface area contributed by atoms with Gasteiger partial charge in [0.15, 0.2) is 5.78 Å². The first-order chi connectivity index (χ1) is 15.0. The summed E-state index contributed by atoms with van der Waals surface area (Å²) >= 11 is 1.69. The van der Waals surface area contributed by atoms with Crippen LogP contribution in [0.5, 0.6) is 0 Å². The van der Waals surface area contributed by atoms with Crippen molar-refractivity contribution in [2.75, 3.05) is 6.54 Å². The molecule has 2 saturated carbocycles. The van der Waals surface area contributed by atoms with Gasteiger partial charge in [-0.2, -0.15) is 0 Å². The Morgan fingerprint density at radius 1 is 1.16 bits per heavy atom. The number of hydrogen-bond donors (Lipinski definition) is 1. The number of nitrogens with zero attached hydrogens (tertiary/aromatic N) is 1. The highest BCUT2D eigenvalue weighted by atomic mass is 32.1. The molecule has 4 aliphatic rings. The summed E-state index contributed by atoms with van der Waals surface area (Å²) in [6, 6.07) is 0. The number of carbonyl (C=O) groups is 3. The number of fused-ring (bicyclic) bond motifs is 1. The van der Waals surface area contributed by atoms with Crippen molar-refractivity contribution < 1.29 is 14.4 Å². The predicted octanol–water partition coefficient (Wildman–Crippen LogP) is 4.22. The van der Waals surface area contributed by atoms with E-state index < -0.39 is 0 Å². The maximum Gasteiger partial charge on any atom is 0.252 e. The van der Waals surface area contributed by atoms with Gasteiger partial charge in [-0.15, -0.1) is 11.3 Å². The molecular weight excluding hydrogens is 408 g/mol. The highest BCUT2D eigenvalue weighted by Gasteiger charge is 2.34. The third-order valence-corrected chi connectivity index (χ3v) is 8.18. The van der Waals surface area contributed by atoms with Gasteiger partial charge in [0.05, 0.1) is 5.56 Å². The summed E-state index contributed by atoms with van der Waals surface area (Å²) in [4.78, 5) is 44.5. The molecule has 0 spiro atoms. The van der Waals surface area contributed by atoms with Crippen molar-refractivity contribution in [3.05, 3.63) is 32.7 Å². The Bertz CT molecular complexity index is 995. The number of aryl methyl sites for hydroxylation is 1. The molecule has 0 saturated heterocycles. The summed E-state index contributed by atoms with van der Waals surface area (Å²) in [6.45, 7) is 2.62. The lowest BCUT2D eigenvalue weighted by atomic mass is 9.82. The van der Waals surface area contributed by atoms with Crippen molar-refractivity contribution in [2.24, 2.45) is 22.7 Å². The van der Waals surface area contributed by atoms with Gasteiger partial charge in [0.2, 0.25) is 0 Å². The summed E-state index contributed by atoms with van der Waals surface area (Å²) in [5.74, 6) is 1.67. The molecule has 3 aliphatic carbocycles. The number of Topliss-reactive ketones (excluding diaryl/α,β-unsaturated/α-hetero) is 1. The summed E-state index contributed by atoms with van der Waals surface area (Å²) < 4.78 is 0. The van der Waals surface area contributed by atoms with Gasteiger partial charge in [-0.1, -0.05) is 0 Å². The predicted molar refractivity (Wildman–Crippen MR) is 122 cm³/mol. The van der Waals surface area contributed by atoms with Gasteiger partial charge in [-0.3, -0.25) is 19.4 Å². The molecule has 0 aromatic carbocycles. The fraction of sp³-hybridized carbons (Fsp3) is 0.600. The molecule has 0 bridgehead atoms. The molecule has 1 N–H and O–H groups in total. The van der Waals surface area contributed by atoms with E-state index in [0.717, 1.165) is 72.5 Å². The highest BCUT2D eigenvalue weighted by Crippen LogP contribution is 2.40. The SMILES string of the molecule is CC1=CC(=O)CC(CC2CCc3sc(CC(=O)C4CC4)c(C(=O)NCC4CC4)c3C2)=N1. The lowest BCUT2D eigenvalue weighted by molar-refractivity contribution is -0.119. The van der Waals surface area contributed by atoms with Crippen LogP contribution >= 0.6 is 11.3 Å². The van der Waals surface area contributed by atoms with Gasteiger partial charge in [-0.25, -0.2) is 0 Å². The topological polar surface area (TPSA) is 75.6 Å². The highest BCUT2D eigenvalue weighted by molar-refractivity contribution is 7.12. The third-order valence-electron chi connectivity index (χ3n) is 6.89. The Hall–Kier alpha value is -2.08. The van der Waals surface area contributed by atoms with Gasteiger partial charge >= 0.3 is 0 Å². The van der Waals surface area contributed by atoms with Crippen LogP contribution in [0.15, 0.2) is 16.8 Å². The molecule has 1 aromatic rings. The Labute approximate surface area is 187 Å². The third kappa shape index (κ3) is 4.89. The van der Waals surface area contributed by atoms with E-state index in [1.165, 1.54) is 17.7 Å². The van der Waals surface area contributed by atoms with E-state index in [-0.39, 0.29) is 17.6 Å². The summed E-state index contributed by atoms with van der Waals surface area (Å²) in [7, 11) is 0. The van der Waals surface area contributed by atoms with Gasteiger partial charge < -0.3 is 5.32 Å². The standard InChI is InChI=1S/C25H30N2O3S/c1-14-8-19(28)11-18(27-14)9-16-4-7-22-20(10-16)24(25(30)26-13-15-2-3-15)23(31-22)12-21(29)17-5-6-17/h8,15-17H,2-7,9-13H2,1H3,(H,26,30). The van der Waals surface area contributed by atoms with Crippen molar-refractivity contribution in [1.82, 2.24) is 5.32 Å². The maximum atomic E-state index is 13.2. The van der Waals surface area contributed by atoms with Crippen LogP contribution < -0.4 is 5.32 Å². The minimum atomic E-state index is 0.00705. The second-order valence-corrected chi connectivity index (χ2v) is 11.0. The Morgan fingerprint density at radius 2 is 1.97 bits per heavy atom. The normalized spacial score (nSPS) is 23.1. The number of amides is 1. The van der Waals surface area contributed by atoms with Crippen LogP contribution in [0.4, 0.5) is 0 Å². The number of ketones is 2. The van der Waals surface area contributed by atoms with E-state index in [4.69, 9.17) is 0 Å². The summed E-state index contributed by atoms with van der Waals surface area (Å²) in [5, 5.41) is 3.14. The molecule has 31 heavy (non-hydrogen) atoms. The van der Waals surface area contributed by atoms with Gasteiger partial charge in [0, 0.05) is 52.5 Å². The molecule has 1 aromatic heterocycles. The lowest BCUT2D eigenvalue weighted by Gasteiger charge is -2.24. The first-order valence-electron chi connectivity index (χ1n) is 11.7. The zero-order valence-electron chi connectivity index (χ0n) is 18.2. The number of aliphatic imine (C=N–C) groups is 1. The van der Waals surface area contributed by atoms with E-state index in [2.05, 4.69) is 10.3 Å². The summed E-state index contributed by atoms with van der Waals surface area (Å²) in [5.41, 5.74) is 3.71. The van der Waals surface area contributed by atoms with Gasteiger partial charge in [-0.05, 0) is 75.7 Å². The Kier molecular flexibility index (Phi) is 5.67. The smallest absolute Gasteiger partial charge is 0.252 e. The zero-order chi connectivity index (χ0) is 21.5. The minimum absolute atomic E-state index is 0.00705. The van der Waals surface area contributed by atoms with Crippen LogP contribution in [-0.2, 0) is 28.9 Å². The minimum Gasteiger partial charge on any atom is -0.352 e. The van der Waals surface area contributed by atoms with Crippen LogP contribution in [-0.4, -0.2) is 29.7 Å². The molecule has 2 fully saturated rings. The zero-order valence-corrected chi connectivity index (χ0v) is 19.0. The largest absolute Gasteiger partial charge is 0.352 e. The van der Waals surface area contributed by atoms with Crippen LogP contribution in [0.2, 0.25) is 0 Å². The van der Waals surface area contributed by atoms with Crippen molar-refractivity contribution >= 4 is 34.5 Å². The second kappa shape index (κ2) is 8.45. The number of thiophene rings is 1. The Morgan fingerprint density at radius 3 is 2.68 bits per heavy atom. The quantitative estimate of drug-likeness (QED) is 0.660. The number of allylic oxidation sites excluding steroid dienone is 2. The molecule has 1 unspecified atom stereocenters. The molecule has 6 heteroatoms. The number of carbonyl (C=O) groups excluding carboxylic acids is 3. The first-order valence-corrected chi connectivity index (χ1v) is 12.5. The fourth-order valence-corrected chi connectivity index (χ4v) is 6.25. The fourth-order valence-electron chi connectivity index (χ4n) is 4.89. The first kappa shape index (κ1) is 20.8. The average Bonchev–Trinajstić information content (AvgIpc) is 3.62. The van der Waals surface area contributed by atoms with Crippen LogP contribution in [0.1, 0.15) is 77.5 Å². The van der Waals surface area contributed by atoms with Crippen LogP contribution in [0, 0.1) is 17.8 Å². The van der Waals surface area contributed by atoms with Crippen LogP contribution in [0.3, 0.4) is 0 Å². The number of nitrogens with one attached hydrogen (secondary N) is 1. The Balaban J connectivity index is 1.36. The van der Waals surface area contributed by atoms with Crippen molar-refractivity contribution in [1.29, 1.82) is 0 Å². The van der Waals surface area contributed by atoms with Crippen molar-refractivity contribution in [3.63, 3.8) is 0 Å². The second-order valence-electron chi connectivity index (χ2n) is 9.79.